The van der Waals surface area contributed by atoms with E-state index in [1.165, 1.54) is 0 Å². The van der Waals surface area contributed by atoms with Gasteiger partial charge >= 0.3 is 0 Å². The maximum absolute atomic E-state index is 5.93. The molecule has 1 aliphatic heterocycles. The number of benzene rings is 1. The van der Waals surface area contributed by atoms with Crippen molar-refractivity contribution < 1.29 is 4.74 Å². The fourth-order valence-electron chi connectivity index (χ4n) is 1.72. The van der Waals surface area contributed by atoms with Gasteiger partial charge in [-0.15, -0.1) is 0 Å². The number of ether oxygens (including phenoxy) is 1. The number of hydrogen-bond donors (Lipinski definition) is 1. The molecule has 15 heavy (non-hydrogen) atoms. The van der Waals surface area contributed by atoms with Crippen LogP contribution in [0.2, 0.25) is 5.02 Å². The number of rotatable bonds is 2. The zero-order valence-electron chi connectivity index (χ0n) is 8.47. The molecule has 0 bridgehead atoms. The molecule has 2 unspecified atom stereocenters. The molecular formula is C11H13BrClNO. The summed E-state index contributed by atoms with van der Waals surface area (Å²) in [6, 6.07) is 6.26. The van der Waals surface area contributed by atoms with Gasteiger partial charge in [-0.3, -0.25) is 0 Å². The minimum Gasteiger partial charge on any atom is -0.380 e. The van der Waals surface area contributed by atoms with E-state index in [0.717, 1.165) is 28.2 Å². The van der Waals surface area contributed by atoms with Gasteiger partial charge in [-0.1, -0.05) is 11.6 Å². The lowest BCUT2D eigenvalue weighted by Crippen LogP contribution is -2.26. The van der Waals surface area contributed by atoms with E-state index in [-0.39, 0.29) is 6.10 Å². The Hall–Kier alpha value is -0.250. The van der Waals surface area contributed by atoms with Crippen LogP contribution in [0.15, 0.2) is 22.7 Å². The Morgan fingerprint density at radius 3 is 2.93 bits per heavy atom. The summed E-state index contributed by atoms with van der Waals surface area (Å²) < 4.78 is 6.41. The molecule has 1 saturated heterocycles. The first-order valence-electron chi connectivity index (χ1n) is 5.00. The van der Waals surface area contributed by atoms with Crippen LogP contribution in [-0.4, -0.2) is 18.8 Å². The Bertz CT molecular complexity index is 358. The Kier molecular flexibility index (Phi) is 3.54. The number of anilines is 1. The van der Waals surface area contributed by atoms with Gasteiger partial charge in [-0.25, -0.2) is 0 Å². The smallest absolute Gasteiger partial charge is 0.0748 e. The van der Waals surface area contributed by atoms with Crippen LogP contribution in [0.3, 0.4) is 0 Å². The molecule has 4 heteroatoms. The van der Waals surface area contributed by atoms with E-state index in [1.54, 1.807) is 0 Å². The molecule has 0 radical (unpaired) electrons. The first-order valence-corrected chi connectivity index (χ1v) is 6.17. The molecule has 2 nitrogen and oxygen atoms in total. The summed E-state index contributed by atoms with van der Waals surface area (Å²) in [7, 11) is 0. The van der Waals surface area contributed by atoms with Crippen LogP contribution < -0.4 is 5.32 Å². The maximum Gasteiger partial charge on any atom is 0.0748 e. The van der Waals surface area contributed by atoms with Crippen LogP contribution in [0, 0.1) is 0 Å². The molecule has 1 fully saturated rings. The number of halogens is 2. The van der Waals surface area contributed by atoms with Crippen LogP contribution >= 0.6 is 27.5 Å². The highest BCUT2D eigenvalue weighted by molar-refractivity contribution is 9.10. The van der Waals surface area contributed by atoms with Crippen molar-refractivity contribution in [2.24, 2.45) is 0 Å². The van der Waals surface area contributed by atoms with Gasteiger partial charge in [0.1, 0.15) is 0 Å². The third-order valence-corrected chi connectivity index (χ3v) is 3.86. The third-order valence-electron chi connectivity index (χ3n) is 2.65. The van der Waals surface area contributed by atoms with Crippen molar-refractivity contribution in [2.45, 2.75) is 25.5 Å². The topological polar surface area (TPSA) is 21.3 Å². The molecule has 0 aromatic heterocycles. The van der Waals surface area contributed by atoms with Crippen LogP contribution in [0.25, 0.3) is 0 Å². The van der Waals surface area contributed by atoms with Crippen molar-refractivity contribution in [1.29, 1.82) is 0 Å². The highest BCUT2D eigenvalue weighted by Gasteiger charge is 2.23. The molecule has 0 amide bonds. The summed E-state index contributed by atoms with van der Waals surface area (Å²) in [5.41, 5.74) is 1.08. The van der Waals surface area contributed by atoms with E-state index in [1.807, 2.05) is 18.2 Å². The predicted octanol–water partition coefficient (Wildman–Crippen LogP) is 3.69. The molecule has 82 valence electrons. The van der Waals surface area contributed by atoms with E-state index < -0.39 is 0 Å². The summed E-state index contributed by atoms with van der Waals surface area (Å²) in [6.07, 6.45) is 1.33. The zero-order valence-corrected chi connectivity index (χ0v) is 10.8. The van der Waals surface area contributed by atoms with E-state index in [9.17, 15) is 0 Å². The van der Waals surface area contributed by atoms with Crippen molar-refractivity contribution in [3.8, 4) is 0 Å². The number of nitrogens with one attached hydrogen (secondary N) is 1. The summed E-state index contributed by atoms with van der Waals surface area (Å²) in [6.45, 7) is 2.93. The van der Waals surface area contributed by atoms with Crippen molar-refractivity contribution in [2.75, 3.05) is 11.9 Å². The van der Waals surface area contributed by atoms with E-state index >= 15 is 0 Å². The molecule has 2 atom stereocenters. The van der Waals surface area contributed by atoms with E-state index in [4.69, 9.17) is 16.3 Å². The summed E-state index contributed by atoms with van der Waals surface area (Å²) in [5, 5.41) is 4.18. The molecule has 1 aromatic carbocycles. The summed E-state index contributed by atoms with van der Waals surface area (Å²) in [5.74, 6) is 0. The second kappa shape index (κ2) is 4.73. The molecule has 1 aliphatic rings. The molecule has 1 heterocycles. The van der Waals surface area contributed by atoms with Gasteiger partial charge in [0, 0.05) is 16.8 Å². The van der Waals surface area contributed by atoms with Gasteiger partial charge in [-0.05, 0) is 47.5 Å². The minimum atomic E-state index is 0.277. The largest absolute Gasteiger partial charge is 0.380 e. The Morgan fingerprint density at radius 2 is 2.33 bits per heavy atom. The van der Waals surface area contributed by atoms with Crippen LogP contribution in [0.1, 0.15) is 13.3 Å². The Morgan fingerprint density at radius 1 is 1.53 bits per heavy atom. The fourth-order valence-corrected chi connectivity index (χ4v) is 2.22. The standard InChI is InChI=1S/C11H13BrClNO/c1-7-11(4-5-15-7)14-8-2-3-10(13)9(12)6-8/h2-3,6-7,11,14H,4-5H2,1H3. The van der Waals surface area contributed by atoms with Gasteiger partial charge in [0.2, 0.25) is 0 Å². The minimum absolute atomic E-state index is 0.277. The van der Waals surface area contributed by atoms with Gasteiger partial charge in [0.25, 0.3) is 0 Å². The van der Waals surface area contributed by atoms with Crippen molar-refractivity contribution >= 4 is 33.2 Å². The molecule has 1 N–H and O–H groups in total. The third kappa shape index (κ3) is 2.65. The van der Waals surface area contributed by atoms with Gasteiger partial charge in [0.05, 0.1) is 17.2 Å². The van der Waals surface area contributed by atoms with Gasteiger partial charge < -0.3 is 10.1 Å². The average Bonchev–Trinajstić information content (AvgIpc) is 2.59. The van der Waals surface area contributed by atoms with Gasteiger partial charge in [0.15, 0.2) is 0 Å². The van der Waals surface area contributed by atoms with E-state index in [0.29, 0.717) is 6.04 Å². The average molecular weight is 291 g/mol. The lowest BCUT2D eigenvalue weighted by molar-refractivity contribution is 0.121. The predicted molar refractivity (Wildman–Crippen MR) is 66.6 cm³/mol. The normalized spacial score (nSPS) is 25.5. The van der Waals surface area contributed by atoms with Gasteiger partial charge in [-0.2, -0.15) is 0 Å². The lowest BCUT2D eigenvalue weighted by Gasteiger charge is -2.17. The monoisotopic (exact) mass is 289 g/mol. The second-order valence-electron chi connectivity index (χ2n) is 3.74. The molecule has 2 rings (SSSR count). The molecule has 0 spiro atoms. The van der Waals surface area contributed by atoms with Crippen molar-refractivity contribution in [3.05, 3.63) is 27.7 Å². The summed E-state index contributed by atoms with van der Waals surface area (Å²) in [4.78, 5) is 0. The molecule has 0 saturated carbocycles. The lowest BCUT2D eigenvalue weighted by atomic mass is 10.1. The quantitative estimate of drug-likeness (QED) is 0.897. The molecule has 0 aliphatic carbocycles. The van der Waals surface area contributed by atoms with Crippen molar-refractivity contribution in [1.82, 2.24) is 0 Å². The first kappa shape index (κ1) is 11.2. The molecule has 1 aromatic rings. The highest BCUT2D eigenvalue weighted by atomic mass is 79.9. The van der Waals surface area contributed by atoms with Crippen LogP contribution in [0.4, 0.5) is 5.69 Å². The number of hydrogen-bond acceptors (Lipinski definition) is 2. The van der Waals surface area contributed by atoms with Crippen molar-refractivity contribution in [3.63, 3.8) is 0 Å². The highest BCUT2D eigenvalue weighted by Crippen LogP contribution is 2.27. The Labute approximate surface area is 103 Å². The summed E-state index contributed by atoms with van der Waals surface area (Å²) >= 11 is 9.33. The second-order valence-corrected chi connectivity index (χ2v) is 5.01. The van der Waals surface area contributed by atoms with E-state index in [2.05, 4.69) is 28.2 Å². The zero-order chi connectivity index (χ0) is 10.8. The molecular weight excluding hydrogens is 277 g/mol. The maximum atomic E-state index is 5.93. The fraction of sp³-hybridized carbons (Fsp3) is 0.455. The van der Waals surface area contributed by atoms with Crippen LogP contribution in [-0.2, 0) is 4.74 Å². The first-order chi connectivity index (χ1) is 7.16. The Balaban J connectivity index is 2.07. The van der Waals surface area contributed by atoms with Crippen LogP contribution in [0.5, 0.6) is 0 Å². The SMILES string of the molecule is CC1OCCC1Nc1ccc(Cl)c(Br)c1.